The topological polar surface area (TPSA) is 72.2 Å². The number of rotatable bonds is 3. The molecule has 2 aromatic rings. The van der Waals surface area contributed by atoms with Crippen LogP contribution in [0.25, 0.3) is 0 Å². The lowest BCUT2D eigenvalue weighted by Gasteiger charge is -2.10. The van der Waals surface area contributed by atoms with Crippen molar-refractivity contribution in [2.75, 3.05) is 5.32 Å². The number of para-hydroxylation sites is 1. The number of primary amides is 1. The molecule has 0 aliphatic carbocycles. The van der Waals surface area contributed by atoms with Crippen molar-refractivity contribution in [3.8, 4) is 0 Å². The number of nitrogens with one attached hydrogen (secondary N) is 1. The first-order valence-electron chi connectivity index (χ1n) is 5.64. The van der Waals surface area contributed by atoms with E-state index in [1.165, 1.54) is 18.2 Å². The van der Waals surface area contributed by atoms with Gasteiger partial charge < -0.3 is 11.1 Å². The van der Waals surface area contributed by atoms with Crippen LogP contribution in [-0.4, -0.2) is 11.8 Å². The molecule has 4 nitrogen and oxygen atoms in total. The summed E-state index contributed by atoms with van der Waals surface area (Å²) in [7, 11) is 0. The van der Waals surface area contributed by atoms with Crippen LogP contribution >= 0.6 is 22.6 Å². The van der Waals surface area contributed by atoms with E-state index in [9.17, 15) is 14.0 Å². The second-order valence-corrected chi connectivity index (χ2v) is 5.15. The largest absolute Gasteiger partial charge is 0.366 e. The summed E-state index contributed by atoms with van der Waals surface area (Å²) in [4.78, 5) is 23.4. The zero-order valence-corrected chi connectivity index (χ0v) is 12.3. The fourth-order valence-electron chi connectivity index (χ4n) is 1.67. The van der Waals surface area contributed by atoms with E-state index in [-0.39, 0.29) is 11.1 Å². The molecule has 0 saturated carbocycles. The van der Waals surface area contributed by atoms with E-state index < -0.39 is 17.6 Å². The molecular weight excluding hydrogens is 374 g/mol. The minimum absolute atomic E-state index is 0.199. The Bertz CT molecular complexity index is 689. The minimum atomic E-state index is -0.644. The third-order valence-corrected chi connectivity index (χ3v) is 3.55. The lowest BCUT2D eigenvalue weighted by atomic mass is 10.1. The Morgan fingerprint density at radius 3 is 2.50 bits per heavy atom. The molecule has 2 rings (SSSR count). The van der Waals surface area contributed by atoms with E-state index in [2.05, 4.69) is 5.32 Å². The first-order valence-corrected chi connectivity index (χ1v) is 6.72. The third kappa shape index (κ3) is 3.13. The van der Waals surface area contributed by atoms with Gasteiger partial charge in [0.15, 0.2) is 0 Å². The van der Waals surface area contributed by atoms with Gasteiger partial charge in [0.25, 0.3) is 11.8 Å². The number of carbonyl (C=O) groups excluding carboxylic acids is 2. The van der Waals surface area contributed by atoms with Gasteiger partial charge in [-0.25, -0.2) is 4.39 Å². The number of anilines is 1. The van der Waals surface area contributed by atoms with Crippen LogP contribution in [0.1, 0.15) is 20.7 Å². The van der Waals surface area contributed by atoms with Gasteiger partial charge in [0.05, 0.1) is 16.8 Å². The molecule has 3 N–H and O–H groups in total. The Labute approximate surface area is 128 Å². The van der Waals surface area contributed by atoms with Gasteiger partial charge in [-0.2, -0.15) is 0 Å². The van der Waals surface area contributed by atoms with E-state index in [0.717, 1.165) is 6.07 Å². The summed E-state index contributed by atoms with van der Waals surface area (Å²) in [6.07, 6.45) is 0. The molecule has 0 atom stereocenters. The molecule has 102 valence electrons. The average Bonchev–Trinajstić information content (AvgIpc) is 2.41. The number of hydrogen-bond donors (Lipinski definition) is 2. The second-order valence-electron chi connectivity index (χ2n) is 3.99. The van der Waals surface area contributed by atoms with E-state index >= 15 is 0 Å². The molecule has 0 spiro atoms. The van der Waals surface area contributed by atoms with Gasteiger partial charge in [0, 0.05) is 3.57 Å². The zero-order chi connectivity index (χ0) is 14.7. The van der Waals surface area contributed by atoms with Gasteiger partial charge in [0.2, 0.25) is 0 Å². The van der Waals surface area contributed by atoms with Crippen molar-refractivity contribution in [2.45, 2.75) is 0 Å². The van der Waals surface area contributed by atoms with Crippen LogP contribution in [0, 0.1) is 9.39 Å². The lowest BCUT2D eigenvalue weighted by molar-refractivity contribution is 0.100. The molecule has 0 saturated heterocycles. The first-order chi connectivity index (χ1) is 9.49. The maximum atomic E-state index is 13.2. The fraction of sp³-hybridized carbons (Fsp3) is 0. The minimum Gasteiger partial charge on any atom is -0.366 e. The molecule has 6 heteroatoms. The van der Waals surface area contributed by atoms with Crippen LogP contribution in [-0.2, 0) is 0 Å². The number of nitrogens with two attached hydrogens (primary N) is 1. The highest BCUT2D eigenvalue weighted by molar-refractivity contribution is 14.1. The predicted octanol–water partition coefficient (Wildman–Crippen LogP) is 2.78. The molecular formula is C14H10FIN2O2. The molecule has 0 aliphatic rings. The van der Waals surface area contributed by atoms with E-state index in [1.54, 1.807) is 18.2 Å². The van der Waals surface area contributed by atoms with Crippen LogP contribution < -0.4 is 11.1 Å². The number of halogens is 2. The highest BCUT2D eigenvalue weighted by atomic mass is 127. The number of amides is 2. The summed E-state index contributed by atoms with van der Waals surface area (Å²) in [5, 5.41) is 2.56. The summed E-state index contributed by atoms with van der Waals surface area (Å²) >= 11 is 1.94. The van der Waals surface area contributed by atoms with Gasteiger partial charge in [-0.1, -0.05) is 12.1 Å². The van der Waals surface area contributed by atoms with Gasteiger partial charge in [-0.05, 0) is 52.9 Å². The highest BCUT2D eigenvalue weighted by Gasteiger charge is 2.14. The van der Waals surface area contributed by atoms with Crippen LogP contribution in [0.15, 0.2) is 42.5 Å². The van der Waals surface area contributed by atoms with E-state index in [1.807, 2.05) is 22.6 Å². The second kappa shape index (κ2) is 6.00. The summed E-state index contributed by atoms with van der Waals surface area (Å²) < 4.78 is 13.8. The molecule has 0 bridgehead atoms. The maximum absolute atomic E-state index is 13.2. The molecule has 0 aromatic heterocycles. The van der Waals surface area contributed by atoms with Gasteiger partial charge in [-0.15, -0.1) is 0 Å². The lowest BCUT2D eigenvalue weighted by Crippen LogP contribution is -2.19. The molecule has 0 radical (unpaired) electrons. The molecule has 0 heterocycles. The summed E-state index contributed by atoms with van der Waals surface area (Å²) in [5.41, 5.74) is 5.93. The quantitative estimate of drug-likeness (QED) is 0.799. The number of carbonyl (C=O) groups is 2. The maximum Gasteiger partial charge on any atom is 0.256 e. The normalized spacial score (nSPS) is 10.1. The van der Waals surface area contributed by atoms with Crippen molar-refractivity contribution >= 4 is 40.1 Å². The van der Waals surface area contributed by atoms with Crippen molar-refractivity contribution in [1.82, 2.24) is 0 Å². The van der Waals surface area contributed by atoms with Crippen LogP contribution in [0.4, 0.5) is 10.1 Å². The van der Waals surface area contributed by atoms with E-state index in [0.29, 0.717) is 9.26 Å². The standard InChI is InChI=1S/C14H10FIN2O2/c15-8-5-6-11(16)10(7-8)14(20)18-12-4-2-1-3-9(12)13(17)19/h1-7H,(H2,17,19)(H,18,20). The zero-order valence-electron chi connectivity index (χ0n) is 10.2. The first kappa shape index (κ1) is 14.4. The Kier molecular flexibility index (Phi) is 4.33. The van der Waals surface area contributed by atoms with Crippen LogP contribution in [0.2, 0.25) is 0 Å². The smallest absolute Gasteiger partial charge is 0.256 e. The SMILES string of the molecule is NC(=O)c1ccccc1NC(=O)c1cc(F)ccc1I. The average molecular weight is 384 g/mol. The molecule has 0 unspecified atom stereocenters. The fourth-order valence-corrected chi connectivity index (χ4v) is 2.25. The summed E-state index contributed by atoms with van der Waals surface area (Å²) in [6.45, 7) is 0. The molecule has 2 aromatic carbocycles. The molecule has 20 heavy (non-hydrogen) atoms. The summed E-state index contributed by atoms with van der Waals surface area (Å²) in [5.74, 6) is -1.64. The van der Waals surface area contributed by atoms with Crippen LogP contribution in [0.5, 0.6) is 0 Å². The molecule has 0 fully saturated rings. The van der Waals surface area contributed by atoms with Gasteiger partial charge in [-0.3, -0.25) is 9.59 Å². The van der Waals surface area contributed by atoms with Crippen molar-refractivity contribution < 1.29 is 14.0 Å². The summed E-state index contributed by atoms with van der Waals surface area (Å²) in [6, 6.07) is 10.3. The van der Waals surface area contributed by atoms with Crippen molar-refractivity contribution in [2.24, 2.45) is 5.73 Å². The Hall–Kier alpha value is -1.96. The number of benzene rings is 2. The van der Waals surface area contributed by atoms with Gasteiger partial charge in [0.1, 0.15) is 5.82 Å². The Balaban J connectivity index is 2.33. The third-order valence-electron chi connectivity index (χ3n) is 2.61. The van der Waals surface area contributed by atoms with Crippen molar-refractivity contribution in [3.63, 3.8) is 0 Å². The molecule has 0 aliphatic heterocycles. The van der Waals surface area contributed by atoms with Crippen molar-refractivity contribution in [1.29, 1.82) is 0 Å². The van der Waals surface area contributed by atoms with Gasteiger partial charge >= 0.3 is 0 Å². The number of hydrogen-bond acceptors (Lipinski definition) is 2. The monoisotopic (exact) mass is 384 g/mol. The molecule has 2 amide bonds. The van der Waals surface area contributed by atoms with Crippen LogP contribution in [0.3, 0.4) is 0 Å². The Morgan fingerprint density at radius 1 is 1.10 bits per heavy atom. The predicted molar refractivity (Wildman–Crippen MR) is 82.0 cm³/mol. The van der Waals surface area contributed by atoms with E-state index in [4.69, 9.17) is 5.73 Å². The Morgan fingerprint density at radius 2 is 1.80 bits per heavy atom. The van der Waals surface area contributed by atoms with Crippen molar-refractivity contribution in [3.05, 3.63) is 63.0 Å². The highest BCUT2D eigenvalue weighted by Crippen LogP contribution is 2.18.